The van der Waals surface area contributed by atoms with Gasteiger partial charge in [0.2, 0.25) is 5.91 Å². The van der Waals surface area contributed by atoms with E-state index < -0.39 is 25.1 Å². The van der Waals surface area contributed by atoms with Gasteiger partial charge in [-0.05, 0) is 87.9 Å². The molecule has 0 spiro atoms. The predicted octanol–water partition coefficient (Wildman–Crippen LogP) is 6.78. The molecule has 17 heteroatoms. The van der Waals surface area contributed by atoms with Gasteiger partial charge >= 0.3 is 0 Å². The number of nitrogens with one attached hydrogen (secondary N) is 2. The van der Waals surface area contributed by atoms with Gasteiger partial charge in [-0.1, -0.05) is 32.0 Å². The highest BCUT2D eigenvalue weighted by Crippen LogP contribution is 2.30. The van der Waals surface area contributed by atoms with Gasteiger partial charge in [0.05, 0.1) is 10.4 Å². The van der Waals surface area contributed by atoms with Gasteiger partial charge in [0.15, 0.2) is 4.21 Å². The van der Waals surface area contributed by atoms with Gasteiger partial charge in [0.25, 0.3) is 25.0 Å². The Labute approximate surface area is 299 Å². The number of hydrogen-bond donors (Lipinski definition) is 2. The van der Waals surface area contributed by atoms with Gasteiger partial charge in [-0.25, -0.2) is 16.8 Å². The molecule has 4 heterocycles. The Bertz CT molecular complexity index is 1950. The summed E-state index contributed by atoms with van der Waals surface area (Å²) in [6, 6.07) is 13.8. The molecule has 0 radical (unpaired) electrons. The second kappa shape index (κ2) is 16.4. The van der Waals surface area contributed by atoms with E-state index in [9.17, 15) is 31.7 Å². The van der Waals surface area contributed by atoms with Crippen molar-refractivity contribution >= 4 is 102 Å². The van der Waals surface area contributed by atoms with E-state index >= 15 is 0 Å². The van der Waals surface area contributed by atoms with Gasteiger partial charge in [0, 0.05) is 39.0 Å². The monoisotopic (exact) mass is 818 g/mol. The van der Waals surface area contributed by atoms with Crippen LogP contribution in [-0.4, -0.2) is 58.1 Å². The molecule has 1 fully saturated rings. The van der Waals surface area contributed by atoms with E-state index in [0.717, 1.165) is 32.8 Å². The fourth-order valence-electron chi connectivity index (χ4n) is 4.93. The average molecular weight is 820 g/mol. The van der Waals surface area contributed by atoms with Crippen molar-refractivity contribution in [3.8, 4) is 6.07 Å². The summed E-state index contributed by atoms with van der Waals surface area (Å²) in [5.74, 6) is -0.341. The minimum atomic E-state index is -3.77. The SMILES string of the molecule is CC(C)C[C@H](NC(=O)c1cc2ccccc2s1)C(=O)N[C@@H]1CCCN(S(=O)(=O)c2sccc2C#N)CC1.O=S(=O)(Cl)c1sccc1Br. The Hall–Kier alpha value is -2.36. The topological polar surface area (TPSA) is 154 Å². The van der Waals surface area contributed by atoms with Gasteiger partial charge in [-0.2, -0.15) is 9.57 Å². The third-order valence-corrected chi connectivity index (χ3v) is 15.9. The molecule has 47 heavy (non-hydrogen) atoms. The Balaban J connectivity index is 0.000000427. The minimum Gasteiger partial charge on any atom is -0.352 e. The van der Waals surface area contributed by atoms with E-state index in [-0.39, 0.29) is 44.3 Å². The van der Waals surface area contributed by atoms with E-state index in [1.54, 1.807) is 16.8 Å². The van der Waals surface area contributed by atoms with E-state index in [0.29, 0.717) is 41.6 Å². The molecule has 0 aliphatic carbocycles. The highest BCUT2D eigenvalue weighted by molar-refractivity contribution is 9.10. The van der Waals surface area contributed by atoms with E-state index in [4.69, 9.17) is 10.7 Å². The maximum Gasteiger partial charge on any atom is 0.271 e. The lowest BCUT2D eigenvalue weighted by Crippen LogP contribution is -2.50. The number of fused-ring (bicyclic) bond motifs is 1. The molecule has 4 aromatic rings. The van der Waals surface area contributed by atoms with Crippen molar-refractivity contribution in [1.82, 2.24) is 14.9 Å². The number of benzene rings is 1. The van der Waals surface area contributed by atoms with E-state index in [1.807, 2.05) is 50.2 Å². The molecule has 0 saturated carbocycles. The molecule has 0 bridgehead atoms. The molecule has 1 saturated heterocycles. The summed E-state index contributed by atoms with van der Waals surface area (Å²) in [7, 11) is -2.25. The van der Waals surface area contributed by atoms with E-state index in [1.165, 1.54) is 21.7 Å². The van der Waals surface area contributed by atoms with Crippen molar-refractivity contribution in [2.45, 2.75) is 60.0 Å². The van der Waals surface area contributed by atoms with Crippen molar-refractivity contribution in [3.63, 3.8) is 0 Å². The number of amides is 2. The predicted molar refractivity (Wildman–Crippen MR) is 191 cm³/mol. The first-order valence-electron chi connectivity index (χ1n) is 14.5. The van der Waals surface area contributed by atoms with Crippen molar-refractivity contribution in [1.29, 1.82) is 5.26 Å². The van der Waals surface area contributed by atoms with Crippen molar-refractivity contribution in [3.05, 3.63) is 68.1 Å². The lowest BCUT2D eigenvalue weighted by molar-refractivity contribution is -0.124. The Morgan fingerprint density at radius 1 is 1.06 bits per heavy atom. The molecule has 1 aliphatic rings. The van der Waals surface area contributed by atoms with Crippen LogP contribution in [0.1, 0.15) is 54.8 Å². The normalized spacial score (nSPS) is 16.5. The molecule has 1 aliphatic heterocycles. The summed E-state index contributed by atoms with van der Waals surface area (Å²) in [5.41, 5.74) is 0.157. The zero-order chi connectivity index (χ0) is 34.4. The van der Waals surface area contributed by atoms with Crippen LogP contribution >= 0.6 is 60.6 Å². The molecule has 1 aromatic carbocycles. The number of thiophene rings is 3. The van der Waals surface area contributed by atoms with Gasteiger partial charge < -0.3 is 10.6 Å². The van der Waals surface area contributed by atoms with Gasteiger partial charge in [-0.3, -0.25) is 9.59 Å². The molecule has 5 rings (SSSR count). The van der Waals surface area contributed by atoms with E-state index in [2.05, 4.69) is 26.6 Å². The number of nitrogens with zero attached hydrogens (tertiary/aromatic N) is 2. The lowest BCUT2D eigenvalue weighted by Gasteiger charge is -2.24. The standard InChI is InChI=1S/C26H30N4O4S3.C4H2BrClO2S2/c1-17(2)14-21(29-25(32)23-15-18-6-3-4-8-22(18)36-23)24(31)28-20-7-5-11-30(12-9-20)37(33,34)26-19(16-27)10-13-35-26;5-3-1-2-9-4(3)10(6,7)8/h3-4,6,8,10,13,15,17,20-21H,5,7,9,11-12,14H2,1-2H3,(H,28,31)(H,29,32);1-2H/t20-,21+;/m1./s1. The highest BCUT2D eigenvalue weighted by atomic mass is 79.9. The molecule has 3 aromatic heterocycles. The molecule has 2 atom stereocenters. The van der Waals surface area contributed by atoms with Crippen LogP contribution in [0, 0.1) is 17.2 Å². The number of nitriles is 1. The summed E-state index contributed by atoms with van der Waals surface area (Å²) in [6.45, 7) is 4.58. The average Bonchev–Trinajstić information content (AvgIpc) is 3.74. The first-order chi connectivity index (χ1) is 22.2. The van der Waals surface area contributed by atoms with Crippen LogP contribution in [0.2, 0.25) is 0 Å². The number of halogens is 2. The third-order valence-electron chi connectivity index (χ3n) is 7.14. The largest absolute Gasteiger partial charge is 0.352 e. The summed E-state index contributed by atoms with van der Waals surface area (Å²) in [6.07, 6.45) is 2.16. The summed E-state index contributed by atoms with van der Waals surface area (Å²) in [4.78, 5) is 26.8. The molecule has 10 nitrogen and oxygen atoms in total. The van der Waals surface area contributed by atoms with Crippen LogP contribution in [0.5, 0.6) is 0 Å². The fraction of sp³-hybridized carbons (Fsp3) is 0.367. The van der Waals surface area contributed by atoms with Crippen molar-refractivity contribution in [2.75, 3.05) is 13.1 Å². The van der Waals surface area contributed by atoms with Crippen molar-refractivity contribution in [2.24, 2.45) is 5.92 Å². The number of hydrogen-bond acceptors (Lipinski definition) is 10. The van der Waals surface area contributed by atoms with Gasteiger partial charge in [-0.15, -0.1) is 34.0 Å². The zero-order valence-corrected chi connectivity index (χ0v) is 31.7. The molecule has 2 N–H and O–H groups in total. The van der Waals surface area contributed by atoms with Crippen LogP contribution in [0.25, 0.3) is 10.1 Å². The number of carbonyl (C=O) groups excluding carboxylic acids is 2. The van der Waals surface area contributed by atoms with Crippen LogP contribution < -0.4 is 10.6 Å². The molecular formula is C30H32BrClN4O6S5. The maximum atomic E-state index is 13.3. The second-order valence-corrected chi connectivity index (χ2v) is 19.7. The number of sulfonamides is 1. The molecule has 252 valence electrons. The van der Waals surface area contributed by atoms with Gasteiger partial charge in [0.1, 0.15) is 16.3 Å². The summed E-state index contributed by atoms with van der Waals surface area (Å²) < 4.78 is 50.7. The second-order valence-electron chi connectivity index (χ2n) is 11.1. The maximum absolute atomic E-state index is 13.3. The summed E-state index contributed by atoms with van der Waals surface area (Å²) >= 11 is 6.58. The fourth-order valence-corrected chi connectivity index (χ4v) is 12.3. The Morgan fingerprint density at radius 2 is 1.77 bits per heavy atom. The van der Waals surface area contributed by atoms with Crippen LogP contribution in [0.4, 0.5) is 0 Å². The van der Waals surface area contributed by atoms with Crippen LogP contribution in [0.3, 0.4) is 0 Å². The third kappa shape index (κ3) is 9.85. The molecular weight excluding hydrogens is 788 g/mol. The Morgan fingerprint density at radius 3 is 2.38 bits per heavy atom. The number of carbonyl (C=O) groups is 2. The first kappa shape index (κ1) is 37.5. The highest BCUT2D eigenvalue weighted by Gasteiger charge is 2.32. The quantitative estimate of drug-likeness (QED) is 0.177. The smallest absolute Gasteiger partial charge is 0.271 e. The summed E-state index contributed by atoms with van der Waals surface area (Å²) in [5, 5.41) is 19.5. The zero-order valence-electron chi connectivity index (χ0n) is 25.3. The van der Waals surface area contributed by atoms with Crippen molar-refractivity contribution < 1.29 is 26.4 Å². The van der Waals surface area contributed by atoms with Crippen LogP contribution in [0.15, 0.2) is 66.1 Å². The molecule has 0 unspecified atom stereocenters. The minimum absolute atomic E-state index is 0.0680. The lowest BCUT2D eigenvalue weighted by atomic mass is 10.0. The molecule has 2 amide bonds. The number of rotatable bonds is 9. The first-order valence-corrected chi connectivity index (χ1v) is 21.6. The Kier molecular flexibility index (Phi) is 13.0. The van der Waals surface area contributed by atoms with Crippen LogP contribution in [-0.2, 0) is 23.9 Å².